The van der Waals surface area contributed by atoms with E-state index < -0.39 is 11.9 Å². The van der Waals surface area contributed by atoms with Gasteiger partial charge in [-0.3, -0.25) is 0 Å². The van der Waals surface area contributed by atoms with Crippen molar-refractivity contribution in [2.75, 3.05) is 0 Å². The molecular formula is C19H12ClNO4. The van der Waals surface area contributed by atoms with E-state index in [2.05, 4.69) is 4.98 Å². The third-order valence-corrected chi connectivity index (χ3v) is 3.87. The molecule has 0 bridgehead atoms. The predicted molar refractivity (Wildman–Crippen MR) is 96.0 cm³/mol. The lowest BCUT2D eigenvalue weighted by atomic mass is 10.0. The van der Waals surface area contributed by atoms with E-state index in [0.717, 1.165) is 5.56 Å². The molecule has 6 heteroatoms. The smallest absolute Gasteiger partial charge is 0.337 e. The number of aromatic carboxylic acids is 2. The summed E-state index contributed by atoms with van der Waals surface area (Å²) in [6.45, 7) is 0. The molecule has 0 saturated carbocycles. The highest BCUT2D eigenvalue weighted by Gasteiger charge is 2.16. The van der Waals surface area contributed by atoms with Gasteiger partial charge in [-0.25, -0.2) is 14.6 Å². The number of hydrogen-bond donors (Lipinski definition) is 2. The Kier molecular flexibility index (Phi) is 4.50. The molecule has 2 N–H and O–H groups in total. The quantitative estimate of drug-likeness (QED) is 0.723. The zero-order valence-corrected chi connectivity index (χ0v) is 13.6. The molecular weight excluding hydrogens is 342 g/mol. The van der Waals surface area contributed by atoms with Crippen molar-refractivity contribution in [3.8, 4) is 0 Å². The number of carboxylic acids is 2. The average Bonchev–Trinajstić information content (AvgIpc) is 2.58. The van der Waals surface area contributed by atoms with Crippen LogP contribution in [-0.4, -0.2) is 27.1 Å². The molecule has 0 spiro atoms. The van der Waals surface area contributed by atoms with Gasteiger partial charge >= 0.3 is 11.9 Å². The van der Waals surface area contributed by atoms with E-state index in [0.29, 0.717) is 10.7 Å². The van der Waals surface area contributed by atoms with Crippen LogP contribution in [-0.2, 0) is 0 Å². The number of benzene rings is 2. The van der Waals surface area contributed by atoms with Crippen LogP contribution in [0.3, 0.4) is 0 Å². The standard InChI is InChI=1S/C19H12ClNO4/c20-12-3-1-2-11(10-12)4-5-13-6-7-14-15(18(22)23)8-9-16(19(24)25)17(14)21-13/h1-10H,(H,22,23)(H,24,25). The summed E-state index contributed by atoms with van der Waals surface area (Å²) < 4.78 is 0. The number of aromatic nitrogens is 1. The first-order chi connectivity index (χ1) is 12.0. The zero-order chi connectivity index (χ0) is 18.0. The summed E-state index contributed by atoms with van der Waals surface area (Å²) in [6, 6.07) is 13.0. The number of halogens is 1. The first-order valence-corrected chi connectivity index (χ1v) is 7.67. The van der Waals surface area contributed by atoms with E-state index in [1.165, 1.54) is 12.1 Å². The van der Waals surface area contributed by atoms with Gasteiger partial charge in [-0.15, -0.1) is 0 Å². The van der Waals surface area contributed by atoms with Gasteiger partial charge in [0, 0.05) is 10.4 Å². The summed E-state index contributed by atoms with van der Waals surface area (Å²) in [5.41, 5.74) is 1.49. The van der Waals surface area contributed by atoms with Crippen molar-refractivity contribution in [1.82, 2.24) is 4.98 Å². The number of rotatable bonds is 4. The van der Waals surface area contributed by atoms with Crippen LogP contribution >= 0.6 is 11.6 Å². The third-order valence-electron chi connectivity index (χ3n) is 3.63. The van der Waals surface area contributed by atoms with E-state index in [9.17, 15) is 19.8 Å². The molecule has 0 atom stereocenters. The fraction of sp³-hybridized carbons (Fsp3) is 0. The molecule has 5 nitrogen and oxygen atoms in total. The lowest BCUT2D eigenvalue weighted by Gasteiger charge is -2.06. The van der Waals surface area contributed by atoms with Crippen LogP contribution in [0.15, 0.2) is 48.5 Å². The summed E-state index contributed by atoms with van der Waals surface area (Å²) in [7, 11) is 0. The average molecular weight is 354 g/mol. The fourth-order valence-electron chi connectivity index (χ4n) is 2.48. The SMILES string of the molecule is O=C(O)c1ccc(C(=O)O)c2nc(C=Cc3cccc(Cl)c3)ccc12. The largest absolute Gasteiger partial charge is 0.478 e. The number of fused-ring (bicyclic) bond motifs is 1. The number of carbonyl (C=O) groups is 2. The summed E-state index contributed by atoms with van der Waals surface area (Å²) in [6.07, 6.45) is 3.51. The molecule has 0 unspecified atom stereocenters. The summed E-state index contributed by atoms with van der Waals surface area (Å²) >= 11 is 5.94. The van der Waals surface area contributed by atoms with Crippen LogP contribution in [0.25, 0.3) is 23.1 Å². The van der Waals surface area contributed by atoms with Crippen LogP contribution in [0.5, 0.6) is 0 Å². The second-order valence-corrected chi connectivity index (χ2v) is 5.73. The van der Waals surface area contributed by atoms with Crippen LogP contribution in [0.1, 0.15) is 32.0 Å². The molecule has 3 rings (SSSR count). The van der Waals surface area contributed by atoms with Crippen LogP contribution < -0.4 is 0 Å². The van der Waals surface area contributed by atoms with E-state index in [1.54, 1.807) is 36.4 Å². The Morgan fingerprint density at radius 2 is 1.64 bits per heavy atom. The van der Waals surface area contributed by atoms with Gasteiger partial charge in [0.15, 0.2) is 0 Å². The van der Waals surface area contributed by atoms with Crippen molar-refractivity contribution in [1.29, 1.82) is 0 Å². The maximum atomic E-state index is 11.4. The minimum Gasteiger partial charge on any atom is -0.478 e. The highest BCUT2D eigenvalue weighted by molar-refractivity contribution is 6.30. The molecule has 0 fully saturated rings. The highest BCUT2D eigenvalue weighted by atomic mass is 35.5. The van der Waals surface area contributed by atoms with Gasteiger partial charge in [-0.2, -0.15) is 0 Å². The molecule has 0 aliphatic carbocycles. The van der Waals surface area contributed by atoms with Gasteiger partial charge in [0.1, 0.15) is 0 Å². The number of nitrogens with zero attached hydrogens (tertiary/aromatic N) is 1. The summed E-state index contributed by atoms with van der Waals surface area (Å²) in [5.74, 6) is -2.30. The molecule has 0 saturated heterocycles. The van der Waals surface area contributed by atoms with Gasteiger partial charge in [-0.05, 0) is 48.0 Å². The van der Waals surface area contributed by atoms with Crippen LogP contribution in [0.2, 0.25) is 5.02 Å². The number of hydrogen-bond acceptors (Lipinski definition) is 3. The van der Waals surface area contributed by atoms with Crippen molar-refractivity contribution in [2.45, 2.75) is 0 Å². The molecule has 3 aromatic rings. The van der Waals surface area contributed by atoms with Crippen molar-refractivity contribution in [3.05, 3.63) is 75.9 Å². The number of carboxylic acid groups (broad SMARTS) is 2. The Labute approximate surface area is 147 Å². The highest BCUT2D eigenvalue weighted by Crippen LogP contribution is 2.23. The zero-order valence-electron chi connectivity index (χ0n) is 12.8. The molecule has 1 aromatic heterocycles. The van der Waals surface area contributed by atoms with Gasteiger partial charge in [0.05, 0.1) is 22.3 Å². The second-order valence-electron chi connectivity index (χ2n) is 5.29. The topological polar surface area (TPSA) is 87.5 Å². The molecule has 0 amide bonds. The van der Waals surface area contributed by atoms with E-state index >= 15 is 0 Å². The molecule has 25 heavy (non-hydrogen) atoms. The second kappa shape index (κ2) is 6.75. The Balaban J connectivity index is 2.11. The first-order valence-electron chi connectivity index (χ1n) is 7.30. The lowest BCUT2D eigenvalue weighted by Crippen LogP contribution is -2.04. The first kappa shape index (κ1) is 16.7. The Hall–Kier alpha value is -3.18. The minimum absolute atomic E-state index is 0.0119. The van der Waals surface area contributed by atoms with E-state index in [1.807, 2.05) is 12.1 Å². The molecule has 0 aliphatic rings. The van der Waals surface area contributed by atoms with Crippen molar-refractivity contribution >= 4 is 46.6 Å². The Morgan fingerprint density at radius 1 is 0.920 bits per heavy atom. The lowest BCUT2D eigenvalue weighted by molar-refractivity contribution is 0.0684. The minimum atomic E-state index is -1.16. The van der Waals surface area contributed by atoms with Gasteiger partial charge in [0.25, 0.3) is 0 Å². The maximum Gasteiger partial charge on any atom is 0.337 e. The van der Waals surface area contributed by atoms with Gasteiger partial charge in [-0.1, -0.05) is 29.8 Å². The Morgan fingerprint density at radius 3 is 2.32 bits per heavy atom. The molecule has 0 aliphatic heterocycles. The van der Waals surface area contributed by atoms with Gasteiger partial charge < -0.3 is 10.2 Å². The molecule has 124 valence electrons. The Bertz CT molecular complexity index is 1030. The number of pyridine rings is 1. The van der Waals surface area contributed by atoms with Crippen molar-refractivity contribution < 1.29 is 19.8 Å². The summed E-state index contributed by atoms with van der Waals surface area (Å²) in [5, 5.41) is 19.5. The third kappa shape index (κ3) is 3.51. The summed E-state index contributed by atoms with van der Waals surface area (Å²) in [4.78, 5) is 27.0. The molecule has 0 radical (unpaired) electrons. The monoisotopic (exact) mass is 353 g/mol. The van der Waals surface area contributed by atoms with Crippen LogP contribution in [0, 0.1) is 0 Å². The van der Waals surface area contributed by atoms with Gasteiger partial charge in [0.2, 0.25) is 0 Å². The maximum absolute atomic E-state index is 11.4. The van der Waals surface area contributed by atoms with Crippen LogP contribution in [0.4, 0.5) is 0 Å². The molecule has 1 heterocycles. The van der Waals surface area contributed by atoms with Crippen molar-refractivity contribution in [3.63, 3.8) is 0 Å². The molecule has 2 aromatic carbocycles. The van der Waals surface area contributed by atoms with Crippen molar-refractivity contribution in [2.24, 2.45) is 0 Å². The van der Waals surface area contributed by atoms with E-state index in [-0.39, 0.29) is 22.0 Å². The normalized spacial score (nSPS) is 11.1. The predicted octanol–water partition coefficient (Wildman–Crippen LogP) is 4.46. The fourth-order valence-corrected chi connectivity index (χ4v) is 2.67. The van der Waals surface area contributed by atoms with E-state index in [4.69, 9.17) is 11.6 Å².